The molecule has 3 nitrogen and oxygen atoms in total. The SMILES string of the molecule is CCCCCOC(C(=O)OCCC)C(F)(F)F. The summed E-state index contributed by atoms with van der Waals surface area (Å²) in [7, 11) is 0. The van der Waals surface area contributed by atoms with Gasteiger partial charge in [0.1, 0.15) is 0 Å². The fourth-order valence-corrected chi connectivity index (χ4v) is 1.13. The quantitative estimate of drug-likeness (QED) is 0.494. The van der Waals surface area contributed by atoms with Crippen molar-refractivity contribution < 1.29 is 27.4 Å². The zero-order chi connectivity index (χ0) is 13.3. The van der Waals surface area contributed by atoms with E-state index in [4.69, 9.17) is 0 Å². The minimum absolute atomic E-state index is 0.0241. The van der Waals surface area contributed by atoms with Crippen molar-refractivity contribution in [1.82, 2.24) is 0 Å². The number of rotatable bonds is 8. The van der Waals surface area contributed by atoms with E-state index in [9.17, 15) is 18.0 Å². The average Bonchev–Trinajstić information content (AvgIpc) is 2.24. The first-order chi connectivity index (χ1) is 7.93. The van der Waals surface area contributed by atoms with Crippen LogP contribution in [0, 0.1) is 0 Å². The van der Waals surface area contributed by atoms with Crippen LogP contribution in [0.2, 0.25) is 0 Å². The first kappa shape index (κ1) is 16.2. The predicted molar refractivity (Wildman–Crippen MR) is 56.6 cm³/mol. The summed E-state index contributed by atoms with van der Waals surface area (Å²) >= 11 is 0. The first-order valence-electron chi connectivity index (χ1n) is 5.78. The summed E-state index contributed by atoms with van der Waals surface area (Å²) in [4.78, 5) is 11.1. The number of carbonyl (C=O) groups is 1. The van der Waals surface area contributed by atoms with Gasteiger partial charge in [-0.3, -0.25) is 0 Å². The van der Waals surface area contributed by atoms with Crippen LogP contribution in [0.3, 0.4) is 0 Å². The van der Waals surface area contributed by atoms with Crippen molar-refractivity contribution in [3.8, 4) is 0 Å². The van der Waals surface area contributed by atoms with E-state index >= 15 is 0 Å². The number of hydrogen-bond acceptors (Lipinski definition) is 3. The van der Waals surface area contributed by atoms with Crippen LogP contribution in [0.15, 0.2) is 0 Å². The van der Waals surface area contributed by atoms with E-state index in [1.54, 1.807) is 6.92 Å². The fraction of sp³-hybridized carbons (Fsp3) is 0.909. The molecule has 0 rings (SSSR count). The molecule has 1 atom stereocenters. The van der Waals surface area contributed by atoms with Gasteiger partial charge in [0, 0.05) is 6.61 Å². The zero-order valence-corrected chi connectivity index (χ0v) is 10.2. The molecular formula is C11H19F3O3. The third-order valence-electron chi connectivity index (χ3n) is 1.99. The minimum Gasteiger partial charge on any atom is -0.464 e. The number of ether oxygens (including phenoxy) is 2. The second-order valence-corrected chi connectivity index (χ2v) is 3.67. The van der Waals surface area contributed by atoms with Gasteiger partial charge in [-0.2, -0.15) is 13.2 Å². The summed E-state index contributed by atoms with van der Waals surface area (Å²) in [6, 6.07) is 0. The van der Waals surface area contributed by atoms with Crippen molar-refractivity contribution in [2.45, 2.75) is 51.8 Å². The van der Waals surface area contributed by atoms with Crippen LogP contribution < -0.4 is 0 Å². The predicted octanol–water partition coefficient (Wildman–Crippen LogP) is 3.08. The summed E-state index contributed by atoms with van der Waals surface area (Å²) in [5.41, 5.74) is 0. The van der Waals surface area contributed by atoms with Crippen LogP contribution in [0.4, 0.5) is 13.2 Å². The molecule has 17 heavy (non-hydrogen) atoms. The second kappa shape index (κ2) is 8.33. The molecular weight excluding hydrogens is 237 g/mol. The molecule has 0 amide bonds. The van der Waals surface area contributed by atoms with Crippen LogP contribution >= 0.6 is 0 Å². The number of hydrogen-bond donors (Lipinski definition) is 0. The van der Waals surface area contributed by atoms with E-state index < -0.39 is 18.2 Å². The fourth-order valence-electron chi connectivity index (χ4n) is 1.13. The molecule has 0 aromatic carbocycles. The van der Waals surface area contributed by atoms with Gasteiger partial charge in [0.15, 0.2) is 0 Å². The highest BCUT2D eigenvalue weighted by Crippen LogP contribution is 2.24. The van der Waals surface area contributed by atoms with Crippen LogP contribution in [0.5, 0.6) is 0 Å². The average molecular weight is 256 g/mol. The highest BCUT2D eigenvalue weighted by Gasteiger charge is 2.47. The molecule has 0 radical (unpaired) electrons. The maximum absolute atomic E-state index is 12.5. The van der Waals surface area contributed by atoms with Crippen molar-refractivity contribution in [3.05, 3.63) is 0 Å². The number of alkyl halides is 3. The van der Waals surface area contributed by atoms with Gasteiger partial charge in [0.25, 0.3) is 6.10 Å². The number of halogens is 3. The lowest BCUT2D eigenvalue weighted by Crippen LogP contribution is -2.40. The van der Waals surface area contributed by atoms with E-state index in [-0.39, 0.29) is 13.2 Å². The van der Waals surface area contributed by atoms with Crippen molar-refractivity contribution in [3.63, 3.8) is 0 Å². The van der Waals surface area contributed by atoms with Crippen LogP contribution in [0.25, 0.3) is 0 Å². The van der Waals surface area contributed by atoms with Gasteiger partial charge in [-0.1, -0.05) is 26.7 Å². The Morgan fingerprint density at radius 3 is 2.24 bits per heavy atom. The normalized spacial score (nSPS) is 13.5. The maximum Gasteiger partial charge on any atom is 0.425 e. The van der Waals surface area contributed by atoms with Gasteiger partial charge in [-0.05, 0) is 12.8 Å². The van der Waals surface area contributed by atoms with E-state index in [0.29, 0.717) is 12.8 Å². The summed E-state index contributed by atoms with van der Waals surface area (Å²) < 4.78 is 46.5. The van der Waals surface area contributed by atoms with Crippen LogP contribution in [-0.4, -0.2) is 31.5 Å². The Balaban J connectivity index is 4.19. The van der Waals surface area contributed by atoms with E-state index in [2.05, 4.69) is 9.47 Å². The van der Waals surface area contributed by atoms with E-state index in [0.717, 1.165) is 12.8 Å². The summed E-state index contributed by atoms with van der Waals surface area (Å²) in [6.45, 7) is 3.53. The number of unbranched alkanes of at least 4 members (excludes halogenated alkanes) is 2. The highest BCUT2D eigenvalue weighted by atomic mass is 19.4. The van der Waals surface area contributed by atoms with Gasteiger partial charge < -0.3 is 9.47 Å². The topological polar surface area (TPSA) is 35.5 Å². The third kappa shape index (κ3) is 7.20. The molecule has 0 saturated carbocycles. The van der Waals surface area contributed by atoms with Gasteiger partial charge in [-0.25, -0.2) is 4.79 Å². The highest BCUT2D eigenvalue weighted by molar-refractivity contribution is 5.75. The molecule has 0 fully saturated rings. The lowest BCUT2D eigenvalue weighted by Gasteiger charge is -2.19. The Hall–Kier alpha value is -0.780. The van der Waals surface area contributed by atoms with Gasteiger partial charge >= 0.3 is 12.1 Å². The van der Waals surface area contributed by atoms with Gasteiger partial charge in [0.2, 0.25) is 0 Å². The van der Waals surface area contributed by atoms with Crippen molar-refractivity contribution >= 4 is 5.97 Å². The summed E-state index contributed by atoms with van der Waals surface area (Å²) in [6.07, 6.45) is -4.53. The van der Waals surface area contributed by atoms with Crippen molar-refractivity contribution in [1.29, 1.82) is 0 Å². The number of carbonyl (C=O) groups excluding carboxylic acids is 1. The molecule has 0 heterocycles. The third-order valence-corrected chi connectivity index (χ3v) is 1.99. The van der Waals surface area contributed by atoms with E-state index in [1.165, 1.54) is 0 Å². The Morgan fingerprint density at radius 2 is 1.76 bits per heavy atom. The molecule has 1 unspecified atom stereocenters. The lowest BCUT2D eigenvalue weighted by molar-refractivity contribution is -0.230. The molecule has 0 aromatic heterocycles. The molecule has 0 saturated heterocycles. The molecule has 6 heteroatoms. The Labute approximate surface area is 99.3 Å². The molecule has 0 N–H and O–H groups in total. The minimum atomic E-state index is -4.71. The van der Waals surface area contributed by atoms with Crippen LogP contribution in [0.1, 0.15) is 39.5 Å². The van der Waals surface area contributed by atoms with Crippen molar-refractivity contribution in [2.24, 2.45) is 0 Å². The molecule has 0 aliphatic rings. The molecule has 102 valence electrons. The molecule has 0 aliphatic carbocycles. The summed E-state index contributed by atoms with van der Waals surface area (Å²) in [5.74, 6) is -1.35. The Kier molecular flexibility index (Phi) is 7.95. The van der Waals surface area contributed by atoms with Gasteiger partial charge in [-0.15, -0.1) is 0 Å². The largest absolute Gasteiger partial charge is 0.464 e. The smallest absolute Gasteiger partial charge is 0.425 e. The van der Waals surface area contributed by atoms with Gasteiger partial charge in [0.05, 0.1) is 6.61 Å². The Morgan fingerprint density at radius 1 is 1.12 bits per heavy atom. The monoisotopic (exact) mass is 256 g/mol. The van der Waals surface area contributed by atoms with E-state index in [1.807, 2.05) is 6.92 Å². The standard InChI is InChI=1S/C11H19F3O3/c1-3-5-6-8-16-9(11(12,13)14)10(15)17-7-4-2/h9H,3-8H2,1-2H3. The van der Waals surface area contributed by atoms with Crippen molar-refractivity contribution in [2.75, 3.05) is 13.2 Å². The molecule has 0 aromatic rings. The molecule has 0 bridgehead atoms. The van der Waals surface area contributed by atoms with Crippen LogP contribution in [-0.2, 0) is 14.3 Å². The Bertz CT molecular complexity index is 216. The molecule has 0 aliphatic heterocycles. The zero-order valence-electron chi connectivity index (χ0n) is 10.2. The summed E-state index contributed by atoms with van der Waals surface area (Å²) in [5, 5.41) is 0. The lowest BCUT2D eigenvalue weighted by atomic mass is 10.2. The molecule has 0 spiro atoms. The first-order valence-corrected chi connectivity index (χ1v) is 5.78. The number of esters is 1. The second-order valence-electron chi connectivity index (χ2n) is 3.67. The maximum atomic E-state index is 12.5.